The van der Waals surface area contributed by atoms with Crippen molar-refractivity contribution in [3.63, 3.8) is 0 Å². The van der Waals surface area contributed by atoms with E-state index in [1.165, 1.54) is 25.5 Å². The SMILES string of the molecule is CS(=O)(=O)N1CCCOC(CN2CCCCC2)C1. The Morgan fingerprint density at radius 2 is 1.83 bits per heavy atom. The normalized spacial score (nSPS) is 29.1. The summed E-state index contributed by atoms with van der Waals surface area (Å²) in [5.74, 6) is 0. The maximum Gasteiger partial charge on any atom is 0.211 e. The summed E-state index contributed by atoms with van der Waals surface area (Å²) in [5.41, 5.74) is 0. The van der Waals surface area contributed by atoms with Crippen LogP contribution in [-0.2, 0) is 14.8 Å². The Labute approximate surface area is 110 Å². The molecule has 0 N–H and O–H groups in total. The van der Waals surface area contributed by atoms with Crippen molar-refractivity contribution >= 4 is 10.0 Å². The second-order valence-corrected chi connectivity index (χ2v) is 7.31. The highest BCUT2D eigenvalue weighted by atomic mass is 32.2. The lowest BCUT2D eigenvalue weighted by atomic mass is 10.1. The first-order chi connectivity index (χ1) is 8.55. The molecule has 2 aliphatic heterocycles. The van der Waals surface area contributed by atoms with Crippen LogP contribution < -0.4 is 0 Å². The van der Waals surface area contributed by atoms with Crippen LogP contribution in [0.25, 0.3) is 0 Å². The van der Waals surface area contributed by atoms with Crippen LogP contribution >= 0.6 is 0 Å². The van der Waals surface area contributed by atoms with Crippen molar-refractivity contribution in [1.29, 1.82) is 0 Å². The van der Waals surface area contributed by atoms with Gasteiger partial charge in [-0.2, -0.15) is 4.31 Å². The summed E-state index contributed by atoms with van der Waals surface area (Å²) in [7, 11) is -3.09. The van der Waals surface area contributed by atoms with Gasteiger partial charge in [0.1, 0.15) is 0 Å². The van der Waals surface area contributed by atoms with Gasteiger partial charge in [-0.25, -0.2) is 8.42 Å². The van der Waals surface area contributed by atoms with Crippen LogP contribution in [-0.4, -0.2) is 69.3 Å². The molecule has 2 heterocycles. The summed E-state index contributed by atoms with van der Waals surface area (Å²) in [6, 6.07) is 0. The Kier molecular flexibility index (Phi) is 5.00. The van der Waals surface area contributed by atoms with Crippen molar-refractivity contribution in [2.45, 2.75) is 31.8 Å². The van der Waals surface area contributed by atoms with Gasteiger partial charge in [0.05, 0.1) is 12.4 Å². The van der Waals surface area contributed by atoms with Gasteiger partial charge in [0, 0.05) is 26.2 Å². The number of nitrogens with zero attached hydrogens (tertiary/aromatic N) is 2. The molecule has 0 bridgehead atoms. The fraction of sp³-hybridized carbons (Fsp3) is 1.00. The van der Waals surface area contributed by atoms with Gasteiger partial charge < -0.3 is 9.64 Å². The first-order valence-corrected chi connectivity index (χ1v) is 8.69. The largest absolute Gasteiger partial charge is 0.375 e. The van der Waals surface area contributed by atoms with E-state index in [9.17, 15) is 8.42 Å². The van der Waals surface area contributed by atoms with Gasteiger partial charge in [0.2, 0.25) is 10.0 Å². The minimum atomic E-state index is -3.09. The monoisotopic (exact) mass is 276 g/mol. The zero-order chi connectivity index (χ0) is 13.0. The highest BCUT2D eigenvalue weighted by Gasteiger charge is 2.26. The molecule has 0 spiro atoms. The van der Waals surface area contributed by atoms with Crippen LogP contribution in [0.1, 0.15) is 25.7 Å². The van der Waals surface area contributed by atoms with Crippen LogP contribution in [0, 0.1) is 0 Å². The number of ether oxygens (including phenoxy) is 1. The first-order valence-electron chi connectivity index (χ1n) is 6.85. The molecule has 1 atom stereocenters. The maximum absolute atomic E-state index is 11.6. The van der Waals surface area contributed by atoms with Crippen LogP contribution in [0.2, 0.25) is 0 Å². The van der Waals surface area contributed by atoms with Gasteiger partial charge in [0.15, 0.2) is 0 Å². The van der Waals surface area contributed by atoms with E-state index in [4.69, 9.17) is 4.74 Å². The van der Waals surface area contributed by atoms with Gasteiger partial charge >= 0.3 is 0 Å². The topological polar surface area (TPSA) is 49.9 Å². The van der Waals surface area contributed by atoms with Crippen LogP contribution in [0.3, 0.4) is 0 Å². The van der Waals surface area contributed by atoms with E-state index in [1.54, 1.807) is 4.31 Å². The third-order valence-corrected chi connectivity index (χ3v) is 4.96. The molecule has 106 valence electrons. The summed E-state index contributed by atoms with van der Waals surface area (Å²) in [4.78, 5) is 2.40. The lowest BCUT2D eigenvalue weighted by Crippen LogP contribution is -2.43. The second kappa shape index (κ2) is 6.32. The fourth-order valence-corrected chi connectivity index (χ4v) is 3.60. The Morgan fingerprint density at radius 3 is 2.50 bits per heavy atom. The Balaban J connectivity index is 1.90. The second-order valence-electron chi connectivity index (χ2n) is 5.33. The summed E-state index contributed by atoms with van der Waals surface area (Å²) in [6.45, 7) is 4.89. The Morgan fingerprint density at radius 1 is 1.11 bits per heavy atom. The van der Waals surface area contributed by atoms with Gasteiger partial charge in [-0.1, -0.05) is 6.42 Å². The van der Waals surface area contributed by atoms with Gasteiger partial charge in [-0.3, -0.25) is 0 Å². The quantitative estimate of drug-likeness (QED) is 0.754. The molecule has 2 aliphatic rings. The van der Waals surface area contributed by atoms with Crippen molar-refractivity contribution in [3.05, 3.63) is 0 Å². The maximum atomic E-state index is 11.6. The molecule has 1 unspecified atom stereocenters. The Hall–Kier alpha value is -0.170. The third-order valence-electron chi connectivity index (χ3n) is 3.69. The average molecular weight is 276 g/mol. The molecular formula is C12H24N2O3S. The number of hydrogen-bond acceptors (Lipinski definition) is 4. The third kappa shape index (κ3) is 4.19. The molecule has 0 aromatic heterocycles. The number of likely N-dealkylation sites (tertiary alicyclic amines) is 1. The van der Waals surface area contributed by atoms with E-state index in [2.05, 4.69) is 4.90 Å². The predicted octanol–water partition coefficient (Wildman–Crippen LogP) is 0.523. The van der Waals surface area contributed by atoms with Crippen LogP contribution in [0.4, 0.5) is 0 Å². The Bertz CT molecular complexity index is 352. The predicted molar refractivity (Wildman–Crippen MR) is 71.1 cm³/mol. The smallest absolute Gasteiger partial charge is 0.211 e. The lowest BCUT2D eigenvalue weighted by molar-refractivity contribution is 0.0286. The van der Waals surface area contributed by atoms with Crippen molar-refractivity contribution in [2.24, 2.45) is 0 Å². The first kappa shape index (κ1) is 14.2. The summed E-state index contributed by atoms with van der Waals surface area (Å²) in [6.07, 6.45) is 5.93. The van der Waals surface area contributed by atoms with Crippen molar-refractivity contribution in [1.82, 2.24) is 9.21 Å². The highest BCUT2D eigenvalue weighted by molar-refractivity contribution is 7.88. The van der Waals surface area contributed by atoms with Crippen LogP contribution in [0.15, 0.2) is 0 Å². The van der Waals surface area contributed by atoms with E-state index in [0.29, 0.717) is 19.7 Å². The molecule has 18 heavy (non-hydrogen) atoms. The number of sulfonamides is 1. The molecule has 0 aliphatic carbocycles. The molecule has 2 fully saturated rings. The van der Waals surface area contributed by atoms with E-state index < -0.39 is 10.0 Å². The number of rotatable bonds is 3. The zero-order valence-electron chi connectivity index (χ0n) is 11.2. The van der Waals surface area contributed by atoms with Gasteiger partial charge in [0.25, 0.3) is 0 Å². The molecule has 2 rings (SSSR count). The summed E-state index contributed by atoms with van der Waals surface area (Å²) < 4.78 is 30.6. The molecule has 6 heteroatoms. The summed E-state index contributed by atoms with van der Waals surface area (Å²) >= 11 is 0. The molecule has 5 nitrogen and oxygen atoms in total. The van der Waals surface area contributed by atoms with Crippen molar-refractivity contribution in [3.8, 4) is 0 Å². The molecule has 0 aromatic carbocycles. The zero-order valence-corrected chi connectivity index (χ0v) is 12.0. The highest BCUT2D eigenvalue weighted by Crippen LogP contribution is 2.14. The summed E-state index contributed by atoms with van der Waals surface area (Å²) in [5, 5.41) is 0. The van der Waals surface area contributed by atoms with Gasteiger partial charge in [-0.15, -0.1) is 0 Å². The minimum Gasteiger partial charge on any atom is -0.375 e. The molecule has 0 radical (unpaired) electrons. The molecule has 2 saturated heterocycles. The number of hydrogen-bond donors (Lipinski definition) is 0. The molecule has 0 saturated carbocycles. The number of piperidine rings is 1. The minimum absolute atomic E-state index is 0.0281. The molecular weight excluding hydrogens is 252 g/mol. The van der Waals surface area contributed by atoms with E-state index in [0.717, 1.165) is 26.1 Å². The van der Waals surface area contributed by atoms with E-state index >= 15 is 0 Å². The fourth-order valence-electron chi connectivity index (χ4n) is 2.70. The average Bonchev–Trinajstić information content (AvgIpc) is 2.55. The van der Waals surface area contributed by atoms with E-state index in [-0.39, 0.29) is 6.10 Å². The van der Waals surface area contributed by atoms with E-state index in [1.807, 2.05) is 0 Å². The van der Waals surface area contributed by atoms with Crippen molar-refractivity contribution < 1.29 is 13.2 Å². The lowest BCUT2D eigenvalue weighted by Gasteiger charge is -2.31. The molecule has 0 amide bonds. The van der Waals surface area contributed by atoms with Crippen LogP contribution in [0.5, 0.6) is 0 Å². The molecule has 0 aromatic rings. The van der Waals surface area contributed by atoms with Crippen molar-refractivity contribution in [2.75, 3.05) is 45.6 Å². The van der Waals surface area contributed by atoms with Gasteiger partial charge in [-0.05, 0) is 32.4 Å². The standard InChI is InChI=1S/C12H24N2O3S/c1-18(15,16)14-8-5-9-17-12(11-14)10-13-6-3-2-4-7-13/h12H,2-11H2,1H3.